The van der Waals surface area contributed by atoms with Crippen LogP contribution in [0.25, 0.3) is 0 Å². The molecule has 1 saturated carbocycles. The van der Waals surface area contributed by atoms with E-state index in [9.17, 15) is 0 Å². The van der Waals surface area contributed by atoms with Gasteiger partial charge in [-0.3, -0.25) is 0 Å². The van der Waals surface area contributed by atoms with Crippen molar-refractivity contribution < 1.29 is 0 Å². The van der Waals surface area contributed by atoms with Gasteiger partial charge in [-0.2, -0.15) is 0 Å². The van der Waals surface area contributed by atoms with Crippen LogP contribution in [0.15, 0.2) is 0 Å². The Morgan fingerprint density at radius 1 is 1.20 bits per heavy atom. The summed E-state index contributed by atoms with van der Waals surface area (Å²) in [6.45, 7) is 7.06. The summed E-state index contributed by atoms with van der Waals surface area (Å²) in [4.78, 5) is 0. The van der Waals surface area contributed by atoms with E-state index in [1.54, 1.807) is 0 Å². The van der Waals surface area contributed by atoms with Crippen LogP contribution < -0.4 is 0 Å². The summed E-state index contributed by atoms with van der Waals surface area (Å²) in [5, 5.41) is 0.651. The van der Waals surface area contributed by atoms with Gasteiger partial charge < -0.3 is 0 Å². The van der Waals surface area contributed by atoms with Crippen LogP contribution in [0.2, 0.25) is 5.21 Å². The second-order valence-electron chi connectivity index (χ2n) is 5.64. The molecule has 0 radical (unpaired) electrons. The van der Waals surface area contributed by atoms with Crippen LogP contribution in [0.1, 0.15) is 33.6 Å². The first kappa shape index (κ1) is 8.23. The standard InChI is InChI=1S/C8H18B2/c1-7(2,3)6-4-8(9,10)5-6/h6H,4-5,9-10H2,1-3H3. The summed E-state index contributed by atoms with van der Waals surface area (Å²) in [6.07, 6.45) is 2.85. The third kappa shape index (κ3) is 1.59. The van der Waals surface area contributed by atoms with Crippen molar-refractivity contribution in [1.29, 1.82) is 0 Å². The molecule has 0 unspecified atom stereocenters. The molecular formula is C8H18B2. The molecule has 0 aromatic carbocycles. The monoisotopic (exact) mass is 136 g/mol. The highest BCUT2D eigenvalue weighted by Crippen LogP contribution is 2.53. The molecule has 2 heteroatoms. The molecule has 0 heterocycles. The lowest BCUT2D eigenvalue weighted by molar-refractivity contribution is 0.125. The Balaban J connectivity index is 2.40. The van der Waals surface area contributed by atoms with E-state index in [1.165, 1.54) is 12.8 Å². The molecule has 1 aliphatic carbocycles. The zero-order valence-corrected chi connectivity index (χ0v) is 7.99. The molecule has 0 saturated heterocycles. The summed E-state index contributed by atoms with van der Waals surface area (Å²) in [5.41, 5.74) is 0.551. The third-order valence-corrected chi connectivity index (χ3v) is 2.82. The Hall–Kier alpha value is 0.130. The van der Waals surface area contributed by atoms with E-state index < -0.39 is 0 Å². The maximum atomic E-state index is 2.37. The van der Waals surface area contributed by atoms with Crippen molar-refractivity contribution in [3.05, 3.63) is 0 Å². The fraction of sp³-hybridized carbons (Fsp3) is 1.00. The lowest BCUT2D eigenvalue weighted by Crippen LogP contribution is -2.39. The fourth-order valence-electron chi connectivity index (χ4n) is 1.89. The van der Waals surface area contributed by atoms with Crippen molar-refractivity contribution in [2.24, 2.45) is 11.3 Å². The summed E-state index contributed by atoms with van der Waals surface area (Å²) < 4.78 is 0. The lowest BCUT2D eigenvalue weighted by Gasteiger charge is -2.49. The fourth-order valence-corrected chi connectivity index (χ4v) is 1.89. The maximum absolute atomic E-state index is 2.37. The van der Waals surface area contributed by atoms with Crippen molar-refractivity contribution in [2.45, 2.75) is 38.8 Å². The minimum atomic E-state index is 0.551. The van der Waals surface area contributed by atoms with Crippen LogP contribution >= 0.6 is 0 Å². The van der Waals surface area contributed by atoms with Gasteiger partial charge in [-0.25, -0.2) is 0 Å². The quantitative estimate of drug-likeness (QED) is 0.432. The van der Waals surface area contributed by atoms with Gasteiger partial charge in [0.15, 0.2) is 0 Å². The van der Waals surface area contributed by atoms with Crippen molar-refractivity contribution in [2.75, 3.05) is 0 Å². The van der Waals surface area contributed by atoms with Crippen LogP contribution in [0.5, 0.6) is 0 Å². The van der Waals surface area contributed by atoms with Crippen LogP contribution in [0.3, 0.4) is 0 Å². The zero-order chi connectivity index (χ0) is 7.99. The van der Waals surface area contributed by atoms with Crippen LogP contribution in [-0.4, -0.2) is 15.7 Å². The van der Waals surface area contributed by atoms with Gasteiger partial charge in [0.25, 0.3) is 0 Å². The van der Waals surface area contributed by atoms with Crippen molar-refractivity contribution in [1.82, 2.24) is 0 Å². The molecule has 0 N–H and O–H groups in total. The maximum Gasteiger partial charge on any atom is 0.0992 e. The van der Waals surface area contributed by atoms with Gasteiger partial charge in [-0.05, 0) is 11.3 Å². The minimum absolute atomic E-state index is 0.551. The molecule has 56 valence electrons. The largest absolute Gasteiger partial charge is 0.0992 e. The topological polar surface area (TPSA) is 0 Å². The highest BCUT2D eigenvalue weighted by Gasteiger charge is 2.41. The van der Waals surface area contributed by atoms with E-state index in [0.717, 1.165) is 5.92 Å². The molecule has 1 fully saturated rings. The highest BCUT2D eigenvalue weighted by molar-refractivity contribution is 6.40. The molecule has 0 spiro atoms. The van der Waals surface area contributed by atoms with E-state index in [1.807, 2.05) is 0 Å². The van der Waals surface area contributed by atoms with E-state index in [2.05, 4.69) is 36.5 Å². The normalized spacial score (nSPS) is 25.9. The van der Waals surface area contributed by atoms with Gasteiger partial charge in [0, 0.05) is 0 Å². The number of hydrogen-bond donors (Lipinski definition) is 0. The van der Waals surface area contributed by atoms with Crippen molar-refractivity contribution in [3.8, 4) is 0 Å². The summed E-state index contributed by atoms with van der Waals surface area (Å²) in [5.74, 6) is 0.975. The molecule has 0 aromatic rings. The van der Waals surface area contributed by atoms with Crippen LogP contribution in [0, 0.1) is 11.3 Å². The number of rotatable bonds is 0. The Kier molecular flexibility index (Phi) is 1.69. The molecule has 0 aliphatic heterocycles. The summed E-state index contributed by atoms with van der Waals surface area (Å²) in [6, 6.07) is 0. The van der Waals surface area contributed by atoms with Gasteiger partial charge in [0.1, 0.15) is 0 Å². The predicted molar refractivity (Wildman–Crippen MR) is 52.0 cm³/mol. The van der Waals surface area contributed by atoms with Crippen LogP contribution in [-0.2, 0) is 0 Å². The Labute approximate surface area is 66.6 Å². The molecule has 0 aromatic heterocycles. The molecule has 0 bridgehead atoms. The molecule has 1 rings (SSSR count). The SMILES string of the molecule is BC1(B)CC(C(C)(C)C)C1. The first-order chi connectivity index (χ1) is 4.31. The van der Waals surface area contributed by atoms with Gasteiger partial charge in [-0.1, -0.05) is 38.8 Å². The smallest absolute Gasteiger partial charge is 0.0839 e. The molecule has 0 atom stereocenters. The Bertz CT molecular complexity index is 125. The van der Waals surface area contributed by atoms with Gasteiger partial charge in [0.2, 0.25) is 0 Å². The zero-order valence-electron chi connectivity index (χ0n) is 7.99. The average Bonchev–Trinajstić information content (AvgIpc) is 1.56. The lowest BCUT2D eigenvalue weighted by atomic mass is 9.38. The molecule has 0 nitrogen and oxygen atoms in total. The van der Waals surface area contributed by atoms with E-state index in [0.29, 0.717) is 10.6 Å². The van der Waals surface area contributed by atoms with E-state index in [4.69, 9.17) is 0 Å². The first-order valence-electron chi connectivity index (χ1n) is 4.31. The molecule has 1 aliphatic rings. The van der Waals surface area contributed by atoms with Gasteiger partial charge in [0.05, 0.1) is 15.7 Å². The second kappa shape index (κ2) is 2.06. The van der Waals surface area contributed by atoms with Crippen molar-refractivity contribution >= 4 is 15.7 Å². The molecule has 0 amide bonds. The second-order valence-corrected chi connectivity index (χ2v) is 5.64. The Morgan fingerprint density at radius 3 is 1.70 bits per heavy atom. The summed E-state index contributed by atoms with van der Waals surface area (Å²) in [7, 11) is 4.74. The third-order valence-electron chi connectivity index (χ3n) is 2.82. The van der Waals surface area contributed by atoms with Gasteiger partial charge >= 0.3 is 0 Å². The van der Waals surface area contributed by atoms with E-state index >= 15 is 0 Å². The first-order valence-corrected chi connectivity index (χ1v) is 4.31. The van der Waals surface area contributed by atoms with Gasteiger partial charge in [-0.15, -0.1) is 0 Å². The van der Waals surface area contributed by atoms with E-state index in [-0.39, 0.29) is 0 Å². The van der Waals surface area contributed by atoms with Crippen molar-refractivity contribution in [3.63, 3.8) is 0 Å². The predicted octanol–water partition coefficient (Wildman–Crippen LogP) is 0.825. The average molecular weight is 136 g/mol. The Morgan fingerprint density at radius 2 is 1.60 bits per heavy atom. The molecular weight excluding hydrogens is 118 g/mol. The number of hydrogen-bond acceptors (Lipinski definition) is 0. The summed E-state index contributed by atoms with van der Waals surface area (Å²) >= 11 is 0. The minimum Gasteiger partial charge on any atom is -0.0839 e. The van der Waals surface area contributed by atoms with Crippen LogP contribution in [0.4, 0.5) is 0 Å². The molecule has 10 heavy (non-hydrogen) atoms. The highest BCUT2D eigenvalue weighted by atomic mass is 14.4.